The van der Waals surface area contributed by atoms with E-state index >= 15 is 0 Å². The summed E-state index contributed by atoms with van der Waals surface area (Å²) in [6, 6.07) is 11.5. The van der Waals surface area contributed by atoms with E-state index in [9.17, 15) is 20.2 Å². The van der Waals surface area contributed by atoms with Gasteiger partial charge in [-0.15, -0.1) is 11.3 Å². The molecule has 0 fully saturated rings. The summed E-state index contributed by atoms with van der Waals surface area (Å²) in [7, 11) is 0. The standard InChI is InChI=1S/C15H7N3O4S/c16-8-9(7-10-5-6-13(22-10)18(20)21)15-17-14(19)11-3-1-2-4-12(11)23-15/h1-7H/b9-7+. The Bertz CT molecular complexity index is 1040. The number of fused-ring (bicyclic) bond motifs is 1. The summed E-state index contributed by atoms with van der Waals surface area (Å²) >= 11 is 1.19. The summed E-state index contributed by atoms with van der Waals surface area (Å²) in [6.45, 7) is 0. The molecule has 0 radical (unpaired) electrons. The first-order valence-electron chi connectivity index (χ1n) is 6.35. The van der Waals surface area contributed by atoms with E-state index in [1.54, 1.807) is 24.3 Å². The van der Waals surface area contributed by atoms with E-state index in [0.29, 0.717) is 10.1 Å². The predicted octanol–water partition coefficient (Wildman–Crippen LogP) is 3.22. The molecule has 0 saturated heterocycles. The Morgan fingerprint density at radius 3 is 2.83 bits per heavy atom. The van der Waals surface area contributed by atoms with E-state index in [2.05, 4.69) is 4.98 Å². The predicted molar refractivity (Wildman–Crippen MR) is 84.7 cm³/mol. The molecule has 0 aliphatic rings. The summed E-state index contributed by atoms with van der Waals surface area (Å²) in [5.74, 6) is -0.281. The van der Waals surface area contributed by atoms with Crippen molar-refractivity contribution in [2.24, 2.45) is 0 Å². The fourth-order valence-electron chi connectivity index (χ4n) is 1.93. The van der Waals surface area contributed by atoms with Crippen molar-refractivity contribution in [3.63, 3.8) is 0 Å². The fraction of sp³-hybridized carbons (Fsp3) is 0. The van der Waals surface area contributed by atoms with Gasteiger partial charge in [0.1, 0.15) is 21.8 Å². The summed E-state index contributed by atoms with van der Waals surface area (Å²) in [6.07, 6.45) is 1.32. The van der Waals surface area contributed by atoms with Crippen LogP contribution < -0.4 is 5.56 Å². The second-order valence-corrected chi connectivity index (χ2v) is 5.45. The van der Waals surface area contributed by atoms with Gasteiger partial charge in [0, 0.05) is 10.8 Å². The molecule has 8 heteroatoms. The quantitative estimate of drug-likeness (QED) is 0.415. The van der Waals surface area contributed by atoms with Crippen LogP contribution in [0.2, 0.25) is 0 Å². The molecule has 7 nitrogen and oxygen atoms in total. The Hall–Kier alpha value is -3.31. The number of nitriles is 1. The molecule has 0 bridgehead atoms. The molecule has 23 heavy (non-hydrogen) atoms. The van der Waals surface area contributed by atoms with Gasteiger partial charge in [0.15, 0.2) is 0 Å². The molecule has 2 aromatic heterocycles. The van der Waals surface area contributed by atoms with Crippen molar-refractivity contribution in [3.05, 3.63) is 67.6 Å². The largest absolute Gasteiger partial charge is 0.433 e. The van der Waals surface area contributed by atoms with E-state index in [1.807, 2.05) is 6.07 Å². The average molecular weight is 325 g/mol. The molecule has 0 aliphatic carbocycles. The normalized spacial score (nSPS) is 11.3. The van der Waals surface area contributed by atoms with Crippen molar-refractivity contribution in [2.75, 3.05) is 0 Å². The Labute approximate surface area is 132 Å². The van der Waals surface area contributed by atoms with Crippen LogP contribution in [0.3, 0.4) is 0 Å². The number of hydrogen-bond acceptors (Lipinski definition) is 7. The SMILES string of the molecule is N#C/C(=C\c1ccc([N+](=O)[O-])o1)c1nc(=O)c2ccccc2s1. The molecule has 112 valence electrons. The lowest BCUT2D eigenvalue weighted by molar-refractivity contribution is -0.402. The van der Waals surface area contributed by atoms with Crippen LogP contribution in [0.4, 0.5) is 5.88 Å². The van der Waals surface area contributed by atoms with E-state index < -0.39 is 16.4 Å². The second-order valence-electron chi connectivity index (χ2n) is 4.42. The molecule has 0 amide bonds. The number of nitro groups is 1. The van der Waals surface area contributed by atoms with Crippen molar-refractivity contribution >= 4 is 39.0 Å². The number of nitrogens with zero attached hydrogens (tertiary/aromatic N) is 3. The van der Waals surface area contributed by atoms with Gasteiger partial charge >= 0.3 is 5.88 Å². The van der Waals surface area contributed by atoms with Crippen LogP contribution in [0.1, 0.15) is 10.8 Å². The summed E-state index contributed by atoms with van der Waals surface area (Å²) in [4.78, 5) is 25.9. The van der Waals surface area contributed by atoms with Crippen LogP contribution in [0.5, 0.6) is 0 Å². The van der Waals surface area contributed by atoms with Gasteiger partial charge < -0.3 is 4.42 Å². The van der Waals surface area contributed by atoms with Crippen LogP contribution in [0.25, 0.3) is 21.7 Å². The number of furan rings is 1. The van der Waals surface area contributed by atoms with E-state index in [4.69, 9.17) is 4.42 Å². The minimum absolute atomic E-state index is 0.0992. The van der Waals surface area contributed by atoms with Crippen molar-refractivity contribution in [3.8, 4) is 6.07 Å². The summed E-state index contributed by atoms with van der Waals surface area (Å²) in [5, 5.41) is 20.6. The van der Waals surface area contributed by atoms with Crippen LogP contribution in [-0.2, 0) is 0 Å². The van der Waals surface area contributed by atoms with Crippen LogP contribution in [0, 0.1) is 21.4 Å². The zero-order valence-corrected chi connectivity index (χ0v) is 12.2. The number of allylic oxidation sites excluding steroid dienone is 1. The lowest BCUT2D eigenvalue weighted by atomic mass is 10.2. The molecule has 3 aromatic rings. The number of aromatic nitrogens is 1. The highest BCUT2D eigenvalue weighted by Crippen LogP contribution is 2.25. The first-order chi connectivity index (χ1) is 11.1. The first kappa shape index (κ1) is 14.6. The zero-order valence-electron chi connectivity index (χ0n) is 11.4. The number of hydrogen-bond donors (Lipinski definition) is 0. The molecule has 0 N–H and O–H groups in total. The minimum atomic E-state index is -0.671. The third-order valence-corrected chi connectivity index (χ3v) is 4.04. The molecule has 0 atom stereocenters. The molecular weight excluding hydrogens is 318 g/mol. The second kappa shape index (κ2) is 5.82. The Kier molecular flexibility index (Phi) is 3.70. The fourth-order valence-corrected chi connectivity index (χ4v) is 2.89. The highest BCUT2D eigenvalue weighted by atomic mass is 32.1. The topological polar surface area (TPSA) is 110 Å². The lowest BCUT2D eigenvalue weighted by Gasteiger charge is -1.99. The van der Waals surface area contributed by atoms with Crippen LogP contribution in [-0.4, -0.2) is 9.91 Å². The van der Waals surface area contributed by atoms with Gasteiger partial charge in [-0.05, 0) is 18.2 Å². The molecular formula is C15H7N3O4S. The van der Waals surface area contributed by atoms with Gasteiger partial charge in [-0.3, -0.25) is 14.9 Å². The monoisotopic (exact) mass is 325 g/mol. The van der Waals surface area contributed by atoms with Gasteiger partial charge in [-0.2, -0.15) is 10.2 Å². The van der Waals surface area contributed by atoms with Crippen molar-refractivity contribution in [1.29, 1.82) is 5.26 Å². The highest BCUT2D eigenvalue weighted by Gasteiger charge is 2.13. The van der Waals surface area contributed by atoms with Gasteiger partial charge in [-0.1, -0.05) is 12.1 Å². The Morgan fingerprint density at radius 1 is 1.35 bits per heavy atom. The third kappa shape index (κ3) is 2.86. The van der Waals surface area contributed by atoms with Gasteiger partial charge in [0.05, 0.1) is 17.0 Å². The van der Waals surface area contributed by atoms with Crippen molar-refractivity contribution in [2.45, 2.75) is 0 Å². The smallest absolute Gasteiger partial charge is 0.401 e. The first-order valence-corrected chi connectivity index (χ1v) is 7.16. The molecule has 0 saturated carbocycles. The van der Waals surface area contributed by atoms with Gasteiger partial charge in [-0.25, -0.2) is 0 Å². The number of benzene rings is 1. The maximum atomic E-state index is 12.0. The van der Waals surface area contributed by atoms with Gasteiger partial charge in [0.25, 0.3) is 5.56 Å². The lowest BCUT2D eigenvalue weighted by Crippen LogP contribution is -2.07. The molecule has 2 heterocycles. The van der Waals surface area contributed by atoms with E-state index in [1.165, 1.54) is 29.5 Å². The molecule has 1 aromatic carbocycles. The van der Waals surface area contributed by atoms with E-state index in [-0.39, 0.29) is 16.3 Å². The van der Waals surface area contributed by atoms with Crippen LogP contribution >= 0.6 is 11.3 Å². The summed E-state index contributed by atoms with van der Waals surface area (Å²) < 4.78 is 5.69. The Balaban J connectivity index is 2.10. The van der Waals surface area contributed by atoms with Crippen molar-refractivity contribution < 1.29 is 9.34 Å². The summed E-state index contributed by atoms with van der Waals surface area (Å²) in [5.41, 5.74) is -0.331. The highest BCUT2D eigenvalue weighted by molar-refractivity contribution is 7.19. The maximum absolute atomic E-state index is 12.0. The van der Waals surface area contributed by atoms with E-state index in [0.717, 1.165) is 0 Å². The maximum Gasteiger partial charge on any atom is 0.433 e. The number of rotatable bonds is 3. The van der Waals surface area contributed by atoms with Crippen molar-refractivity contribution in [1.82, 2.24) is 4.98 Å². The third-order valence-electron chi connectivity index (χ3n) is 2.96. The molecule has 0 spiro atoms. The van der Waals surface area contributed by atoms with Gasteiger partial charge in [0.2, 0.25) is 0 Å². The van der Waals surface area contributed by atoms with Crippen LogP contribution in [0.15, 0.2) is 45.6 Å². The molecule has 3 rings (SSSR count). The molecule has 0 unspecified atom stereocenters. The molecule has 0 aliphatic heterocycles. The minimum Gasteiger partial charge on any atom is -0.401 e. The zero-order chi connectivity index (χ0) is 16.4. The average Bonchev–Trinajstić information content (AvgIpc) is 3.01. The Morgan fingerprint density at radius 2 is 2.13 bits per heavy atom.